The van der Waals surface area contributed by atoms with Gasteiger partial charge in [0.15, 0.2) is 5.17 Å². The lowest BCUT2D eigenvalue weighted by atomic mass is 10.1. The van der Waals surface area contributed by atoms with Gasteiger partial charge in [0.1, 0.15) is 0 Å². The third-order valence-electron chi connectivity index (χ3n) is 3.41. The number of halogens is 1. The maximum Gasteiger partial charge on any atom is 0.264 e. The van der Waals surface area contributed by atoms with Crippen LogP contribution in [0.5, 0.6) is 0 Å². The number of nitrogens with one attached hydrogen (secondary N) is 1. The molecular formula is C18H15BrN2OS. The summed E-state index contributed by atoms with van der Waals surface area (Å²) >= 11 is 4.77. The van der Waals surface area contributed by atoms with Crippen molar-refractivity contribution >= 4 is 50.5 Å². The molecule has 23 heavy (non-hydrogen) atoms. The second-order valence-electron chi connectivity index (χ2n) is 5.32. The molecule has 0 bridgehead atoms. The maximum absolute atomic E-state index is 12.1. The van der Waals surface area contributed by atoms with Gasteiger partial charge in [0, 0.05) is 4.47 Å². The van der Waals surface area contributed by atoms with Gasteiger partial charge in [0.2, 0.25) is 0 Å². The van der Waals surface area contributed by atoms with Gasteiger partial charge in [-0.15, -0.1) is 0 Å². The van der Waals surface area contributed by atoms with Gasteiger partial charge in [0.05, 0.1) is 10.6 Å². The summed E-state index contributed by atoms with van der Waals surface area (Å²) in [5.41, 5.74) is 4.11. The van der Waals surface area contributed by atoms with E-state index in [1.165, 1.54) is 11.8 Å². The molecule has 1 N–H and O–H groups in total. The van der Waals surface area contributed by atoms with Gasteiger partial charge in [-0.2, -0.15) is 0 Å². The number of amidine groups is 1. The van der Waals surface area contributed by atoms with Gasteiger partial charge in [-0.1, -0.05) is 40.2 Å². The van der Waals surface area contributed by atoms with Crippen molar-refractivity contribution in [2.45, 2.75) is 13.8 Å². The van der Waals surface area contributed by atoms with Crippen LogP contribution in [0.15, 0.2) is 56.8 Å². The molecule has 0 spiro atoms. The largest absolute Gasteiger partial charge is 0.300 e. The molecule has 0 saturated carbocycles. The van der Waals surface area contributed by atoms with E-state index in [1.807, 2.05) is 56.3 Å². The lowest BCUT2D eigenvalue weighted by Crippen LogP contribution is -2.19. The van der Waals surface area contributed by atoms with Crippen LogP contribution in [-0.2, 0) is 4.79 Å². The molecule has 1 heterocycles. The number of hydrogen-bond acceptors (Lipinski definition) is 3. The summed E-state index contributed by atoms with van der Waals surface area (Å²) in [4.78, 5) is 17.3. The predicted octanol–water partition coefficient (Wildman–Crippen LogP) is 4.96. The van der Waals surface area contributed by atoms with Crippen LogP contribution >= 0.6 is 27.7 Å². The van der Waals surface area contributed by atoms with E-state index in [2.05, 4.69) is 32.3 Å². The van der Waals surface area contributed by atoms with Crippen LogP contribution in [0.25, 0.3) is 6.08 Å². The molecule has 3 nitrogen and oxygen atoms in total. The summed E-state index contributed by atoms with van der Waals surface area (Å²) in [6, 6.07) is 13.9. The van der Waals surface area contributed by atoms with Crippen molar-refractivity contribution in [2.75, 3.05) is 0 Å². The molecule has 0 atom stereocenters. The van der Waals surface area contributed by atoms with Crippen LogP contribution in [0.4, 0.5) is 5.69 Å². The lowest BCUT2D eigenvalue weighted by Gasteiger charge is -2.02. The SMILES string of the molecule is Cc1ccc(C)c(N=C2NC(=O)/C(=C/c3ccc(Br)cc3)S2)c1. The fourth-order valence-electron chi connectivity index (χ4n) is 2.14. The zero-order valence-electron chi connectivity index (χ0n) is 12.8. The van der Waals surface area contributed by atoms with Crippen LogP contribution in [0.2, 0.25) is 0 Å². The Hall–Kier alpha value is -1.85. The van der Waals surface area contributed by atoms with E-state index in [-0.39, 0.29) is 5.91 Å². The Morgan fingerprint density at radius 1 is 1.13 bits per heavy atom. The number of nitrogens with zero attached hydrogens (tertiary/aromatic N) is 1. The molecule has 0 unspecified atom stereocenters. The Balaban J connectivity index is 1.86. The lowest BCUT2D eigenvalue weighted by molar-refractivity contribution is -0.115. The van der Waals surface area contributed by atoms with Gasteiger partial charge in [-0.05, 0) is 66.6 Å². The minimum Gasteiger partial charge on any atom is -0.300 e. The van der Waals surface area contributed by atoms with Crippen molar-refractivity contribution in [3.63, 3.8) is 0 Å². The highest BCUT2D eigenvalue weighted by atomic mass is 79.9. The zero-order valence-corrected chi connectivity index (χ0v) is 15.2. The molecule has 0 aliphatic carbocycles. The topological polar surface area (TPSA) is 41.5 Å². The summed E-state index contributed by atoms with van der Waals surface area (Å²) in [5.74, 6) is -0.109. The average Bonchev–Trinajstić information content (AvgIpc) is 2.85. The maximum atomic E-state index is 12.1. The first-order valence-electron chi connectivity index (χ1n) is 7.14. The van der Waals surface area contributed by atoms with Crippen molar-refractivity contribution in [3.05, 3.63) is 68.5 Å². The molecule has 2 aromatic rings. The molecule has 1 fully saturated rings. The van der Waals surface area contributed by atoms with E-state index in [0.29, 0.717) is 10.1 Å². The fraction of sp³-hybridized carbons (Fsp3) is 0.111. The number of aryl methyl sites for hydroxylation is 2. The molecule has 1 saturated heterocycles. The Kier molecular flexibility index (Phi) is 4.68. The fourth-order valence-corrected chi connectivity index (χ4v) is 3.24. The minimum absolute atomic E-state index is 0.109. The smallest absolute Gasteiger partial charge is 0.264 e. The van der Waals surface area contributed by atoms with Crippen molar-refractivity contribution in [1.82, 2.24) is 5.32 Å². The summed E-state index contributed by atoms with van der Waals surface area (Å²) < 4.78 is 1.01. The first-order valence-corrected chi connectivity index (χ1v) is 8.74. The number of amides is 1. The van der Waals surface area contributed by atoms with E-state index in [4.69, 9.17) is 0 Å². The summed E-state index contributed by atoms with van der Waals surface area (Å²) in [6.45, 7) is 4.04. The highest BCUT2D eigenvalue weighted by Crippen LogP contribution is 2.29. The molecule has 1 aliphatic rings. The third kappa shape index (κ3) is 3.92. The quantitative estimate of drug-likeness (QED) is 0.741. The van der Waals surface area contributed by atoms with Crippen molar-refractivity contribution in [3.8, 4) is 0 Å². The average molecular weight is 387 g/mol. The molecule has 0 aromatic heterocycles. The Morgan fingerprint density at radius 3 is 2.61 bits per heavy atom. The normalized spacial score (nSPS) is 17.8. The molecule has 1 aliphatic heterocycles. The molecule has 116 valence electrons. The number of thioether (sulfide) groups is 1. The predicted molar refractivity (Wildman–Crippen MR) is 101 cm³/mol. The van der Waals surface area contributed by atoms with Crippen molar-refractivity contribution < 1.29 is 4.79 Å². The second-order valence-corrected chi connectivity index (χ2v) is 7.27. The van der Waals surface area contributed by atoms with Crippen molar-refractivity contribution in [2.24, 2.45) is 4.99 Å². The zero-order chi connectivity index (χ0) is 16.4. The monoisotopic (exact) mass is 386 g/mol. The Morgan fingerprint density at radius 2 is 1.87 bits per heavy atom. The highest BCUT2D eigenvalue weighted by molar-refractivity contribution is 9.10. The van der Waals surface area contributed by atoms with Gasteiger partial charge >= 0.3 is 0 Å². The molecule has 5 heteroatoms. The number of benzene rings is 2. The Labute approximate surface area is 148 Å². The van der Waals surface area contributed by atoms with Crippen molar-refractivity contribution in [1.29, 1.82) is 0 Å². The van der Waals surface area contributed by atoms with Gasteiger partial charge in [0.25, 0.3) is 5.91 Å². The van der Waals surface area contributed by atoms with Crippen LogP contribution in [0.3, 0.4) is 0 Å². The number of carbonyl (C=O) groups excluding carboxylic acids is 1. The third-order valence-corrected chi connectivity index (χ3v) is 4.84. The second kappa shape index (κ2) is 6.72. The standard InChI is InChI=1S/C18H15BrN2OS/c1-11-3-4-12(2)15(9-11)20-18-21-17(22)16(23-18)10-13-5-7-14(19)8-6-13/h3-10H,1-2H3,(H,20,21,22)/b16-10-. The van der Waals surface area contributed by atoms with E-state index in [1.54, 1.807) is 0 Å². The number of aliphatic imine (C=N–C) groups is 1. The van der Waals surface area contributed by atoms with Crippen LogP contribution in [0.1, 0.15) is 16.7 Å². The van der Waals surface area contributed by atoms with E-state index in [9.17, 15) is 4.79 Å². The summed E-state index contributed by atoms with van der Waals surface area (Å²) in [7, 11) is 0. The van der Waals surface area contributed by atoms with E-state index in [0.717, 1.165) is 26.9 Å². The first kappa shape index (κ1) is 16.0. The molecule has 2 aromatic carbocycles. The number of rotatable bonds is 2. The van der Waals surface area contributed by atoms with Gasteiger partial charge in [-0.25, -0.2) is 4.99 Å². The first-order chi connectivity index (χ1) is 11.0. The number of hydrogen-bond donors (Lipinski definition) is 1. The molecule has 3 rings (SSSR count). The van der Waals surface area contributed by atoms with Gasteiger partial charge < -0.3 is 5.32 Å². The Bertz CT molecular complexity index is 825. The van der Waals surface area contributed by atoms with Crippen LogP contribution in [-0.4, -0.2) is 11.1 Å². The van der Waals surface area contributed by atoms with Gasteiger partial charge in [-0.3, -0.25) is 4.79 Å². The van der Waals surface area contributed by atoms with E-state index < -0.39 is 0 Å². The van der Waals surface area contributed by atoms with Crippen LogP contribution < -0.4 is 5.32 Å². The minimum atomic E-state index is -0.109. The molecule has 1 amide bonds. The summed E-state index contributed by atoms with van der Waals surface area (Å²) in [5, 5.41) is 3.44. The molecule has 0 radical (unpaired) electrons. The highest BCUT2D eigenvalue weighted by Gasteiger charge is 2.23. The van der Waals surface area contributed by atoms with E-state index >= 15 is 0 Å². The number of carbonyl (C=O) groups is 1. The summed E-state index contributed by atoms with van der Waals surface area (Å²) in [6.07, 6.45) is 1.87. The van der Waals surface area contributed by atoms with Crippen LogP contribution in [0, 0.1) is 13.8 Å². The molecular weight excluding hydrogens is 372 g/mol.